The molecule has 1 aromatic rings. The van der Waals surface area contributed by atoms with Gasteiger partial charge in [-0.1, -0.05) is 31.5 Å². The van der Waals surface area contributed by atoms with E-state index in [9.17, 15) is 8.42 Å². The van der Waals surface area contributed by atoms with Gasteiger partial charge in [-0.15, -0.1) is 0 Å². The van der Waals surface area contributed by atoms with Crippen LogP contribution in [0.4, 0.5) is 0 Å². The molecule has 0 aliphatic heterocycles. The summed E-state index contributed by atoms with van der Waals surface area (Å²) in [5.41, 5.74) is 0.140. The topological polar surface area (TPSA) is 91.8 Å². The second-order valence-electron chi connectivity index (χ2n) is 7.64. The van der Waals surface area contributed by atoms with E-state index in [1.807, 2.05) is 26.8 Å². The average Bonchev–Trinajstić information content (AvgIpc) is 2.61. The van der Waals surface area contributed by atoms with Gasteiger partial charge in [0, 0.05) is 38.9 Å². The standard InChI is InChI=1S/C20H36N4O3S/c1-6-7-14-27-15-10-13-22-19(21-5)23-16-17-11-8-9-12-18(17)28(25,26)24-20(2,3)4/h8-9,11-12,24H,6-7,10,13-16H2,1-5H3,(H2,21,22,23). The number of rotatable bonds is 11. The molecule has 3 N–H and O–H groups in total. The van der Waals surface area contributed by atoms with Crippen molar-refractivity contribution in [1.29, 1.82) is 0 Å². The van der Waals surface area contributed by atoms with E-state index in [0.29, 0.717) is 24.7 Å². The van der Waals surface area contributed by atoms with Crippen LogP contribution in [0.5, 0.6) is 0 Å². The molecule has 1 aromatic carbocycles. The van der Waals surface area contributed by atoms with E-state index in [1.54, 1.807) is 25.2 Å². The molecule has 0 heterocycles. The lowest BCUT2D eigenvalue weighted by Gasteiger charge is -2.22. The van der Waals surface area contributed by atoms with Crippen LogP contribution in [0.3, 0.4) is 0 Å². The first kappa shape index (κ1) is 24.4. The van der Waals surface area contributed by atoms with Gasteiger partial charge in [0.05, 0.1) is 4.90 Å². The number of sulfonamides is 1. The highest BCUT2D eigenvalue weighted by Gasteiger charge is 2.24. The Balaban J connectivity index is 2.60. The SMILES string of the molecule is CCCCOCCCNC(=NC)NCc1ccccc1S(=O)(=O)NC(C)(C)C. The summed E-state index contributed by atoms with van der Waals surface area (Å²) in [4.78, 5) is 4.47. The largest absolute Gasteiger partial charge is 0.381 e. The molecule has 0 aliphatic carbocycles. The van der Waals surface area contributed by atoms with Crippen LogP contribution in [0.25, 0.3) is 0 Å². The third kappa shape index (κ3) is 9.52. The van der Waals surface area contributed by atoms with Crippen molar-refractivity contribution < 1.29 is 13.2 Å². The van der Waals surface area contributed by atoms with E-state index in [2.05, 4.69) is 27.3 Å². The van der Waals surface area contributed by atoms with Crippen LogP contribution < -0.4 is 15.4 Å². The molecule has 0 radical (unpaired) electrons. The number of nitrogens with zero attached hydrogens (tertiary/aromatic N) is 1. The van der Waals surface area contributed by atoms with Crippen molar-refractivity contribution in [1.82, 2.24) is 15.4 Å². The molecule has 8 heteroatoms. The zero-order chi connectivity index (χ0) is 21.0. The molecule has 0 fully saturated rings. The zero-order valence-corrected chi connectivity index (χ0v) is 18.7. The predicted octanol–water partition coefficient (Wildman–Crippen LogP) is 2.64. The first-order valence-corrected chi connectivity index (χ1v) is 11.3. The number of hydrogen-bond donors (Lipinski definition) is 3. The highest BCUT2D eigenvalue weighted by molar-refractivity contribution is 7.89. The third-order valence-corrected chi connectivity index (χ3v) is 5.63. The van der Waals surface area contributed by atoms with Gasteiger partial charge < -0.3 is 15.4 Å². The van der Waals surface area contributed by atoms with Gasteiger partial charge in [-0.05, 0) is 45.2 Å². The maximum Gasteiger partial charge on any atom is 0.241 e. The van der Waals surface area contributed by atoms with Crippen LogP contribution >= 0.6 is 0 Å². The molecule has 160 valence electrons. The Morgan fingerprint density at radius 1 is 1.11 bits per heavy atom. The molecular formula is C20H36N4O3S. The minimum absolute atomic E-state index is 0.275. The van der Waals surface area contributed by atoms with Crippen molar-refractivity contribution in [2.45, 2.75) is 63.9 Å². The summed E-state index contributed by atoms with van der Waals surface area (Å²) in [6.45, 7) is 10.2. The van der Waals surface area contributed by atoms with Crippen molar-refractivity contribution in [3.63, 3.8) is 0 Å². The second-order valence-corrected chi connectivity index (χ2v) is 9.29. The summed E-state index contributed by atoms with van der Waals surface area (Å²) in [6.07, 6.45) is 3.10. The molecule has 0 atom stereocenters. The van der Waals surface area contributed by atoms with Gasteiger partial charge >= 0.3 is 0 Å². The highest BCUT2D eigenvalue weighted by Crippen LogP contribution is 2.17. The lowest BCUT2D eigenvalue weighted by molar-refractivity contribution is 0.129. The van der Waals surface area contributed by atoms with Gasteiger partial charge in [-0.25, -0.2) is 13.1 Å². The van der Waals surface area contributed by atoms with Gasteiger partial charge in [0.1, 0.15) is 0 Å². The van der Waals surface area contributed by atoms with Crippen molar-refractivity contribution in [2.24, 2.45) is 4.99 Å². The number of unbranched alkanes of at least 4 members (excludes halogenated alkanes) is 1. The Morgan fingerprint density at radius 3 is 2.43 bits per heavy atom. The smallest absolute Gasteiger partial charge is 0.241 e. The van der Waals surface area contributed by atoms with E-state index in [-0.39, 0.29) is 4.90 Å². The molecule has 0 saturated heterocycles. The molecule has 0 bridgehead atoms. The van der Waals surface area contributed by atoms with Crippen LogP contribution in [-0.2, 0) is 21.3 Å². The summed E-state index contributed by atoms with van der Waals surface area (Å²) < 4.78 is 33.6. The lowest BCUT2D eigenvalue weighted by atomic mass is 10.1. The number of ether oxygens (including phenoxy) is 1. The molecule has 0 spiro atoms. The van der Waals surface area contributed by atoms with Gasteiger partial charge in [0.15, 0.2) is 5.96 Å². The van der Waals surface area contributed by atoms with Crippen LogP contribution in [0, 0.1) is 0 Å². The van der Waals surface area contributed by atoms with Gasteiger partial charge in [0.25, 0.3) is 0 Å². The Kier molecular flexibility index (Phi) is 10.5. The van der Waals surface area contributed by atoms with E-state index in [0.717, 1.165) is 32.4 Å². The Labute approximate surface area is 170 Å². The minimum atomic E-state index is -3.60. The quantitative estimate of drug-likeness (QED) is 0.295. The van der Waals surface area contributed by atoms with Gasteiger partial charge in [0.2, 0.25) is 10.0 Å². The van der Waals surface area contributed by atoms with Crippen LogP contribution in [-0.4, -0.2) is 46.7 Å². The molecule has 1 rings (SSSR count). The summed E-state index contributed by atoms with van der Waals surface area (Å²) in [7, 11) is -1.91. The number of guanidine groups is 1. The molecule has 0 unspecified atom stereocenters. The number of benzene rings is 1. The molecule has 0 amide bonds. The maximum absolute atomic E-state index is 12.7. The fraction of sp³-hybridized carbons (Fsp3) is 0.650. The van der Waals surface area contributed by atoms with Crippen molar-refractivity contribution in [3.05, 3.63) is 29.8 Å². The first-order valence-electron chi connectivity index (χ1n) is 9.83. The summed E-state index contributed by atoms with van der Waals surface area (Å²) in [6, 6.07) is 6.98. The van der Waals surface area contributed by atoms with Crippen LogP contribution in [0.2, 0.25) is 0 Å². The average molecular weight is 413 g/mol. The fourth-order valence-electron chi connectivity index (χ4n) is 2.50. The Bertz CT molecular complexity index is 712. The molecule has 0 aliphatic rings. The number of aliphatic imine (C=N–C) groups is 1. The summed E-state index contributed by atoms with van der Waals surface area (Å²) in [5.74, 6) is 0.629. The van der Waals surface area contributed by atoms with Crippen molar-refractivity contribution >= 4 is 16.0 Å². The van der Waals surface area contributed by atoms with E-state index in [1.165, 1.54) is 0 Å². The van der Waals surface area contributed by atoms with Crippen LogP contribution in [0.1, 0.15) is 52.5 Å². The minimum Gasteiger partial charge on any atom is -0.381 e. The van der Waals surface area contributed by atoms with Gasteiger partial charge in [-0.2, -0.15) is 0 Å². The first-order chi connectivity index (χ1) is 13.2. The maximum atomic E-state index is 12.7. The Hall–Kier alpha value is -1.64. The van der Waals surface area contributed by atoms with Crippen LogP contribution in [0.15, 0.2) is 34.2 Å². The van der Waals surface area contributed by atoms with E-state index in [4.69, 9.17) is 4.74 Å². The predicted molar refractivity (Wildman–Crippen MR) is 115 cm³/mol. The molecule has 0 saturated carbocycles. The normalized spacial score (nSPS) is 12.8. The van der Waals surface area contributed by atoms with Crippen molar-refractivity contribution in [3.8, 4) is 0 Å². The molecule has 7 nitrogen and oxygen atoms in total. The molecule has 0 aromatic heterocycles. The van der Waals surface area contributed by atoms with Gasteiger partial charge in [-0.3, -0.25) is 4.99 Å². The second kappa shape index (κ2) is 12.0. The Morgan fingerprint density at radius 2 is 1.79 bits per heavy atom. The summed E-state index contributed by atoms with van der Waals surface area (Å²) in [5, 5.41) is 6.40. The molecular weight excluding hydrogens is 376 g/mol. The van der Waals surface area contributed by atoms with E-state index >= 15 is 0 Å². The molecule has 28 heavy (non-hydrogen) atoms. The number of hydrogen-bond acceptors (Lipinski definition) is 4. The lowest BCUT2D eigenvalue weighted by Crippen LogP contribution is -2.41. The monoisotopic (exact) mass is 412 g/mol. The number of nitrogens with one attached hydrogen (secondary N) is 3. The van der Waals surface area contributed by atoms with Crippen molar-refractivity contribution in [2.75, 3.05) is 26.8 Å². The fourth-order valence-corrected chi connectivity index (χ4v) is 4.16. The summed E-state index contributed by atoms with van der Waals surface area (Å²) >= 11 is 0. The van der Waals surface area contributed by atoms with E-state index < -0.39 is 15.6 Å². The highest BCUT2D eigenvalue weighted by atomic mass is 32.2. The third-order valence-electron chi connectivity index (χ3n) is 3.77. The zero-order valence-electron chi connectivity index (χ0n) is 17.8.